The van der Waals surface area contributed by atoms with Crippen LogP contribution in [0.3, 0.4) is 0 Å². The third kappa shape index (κ3) is 2.17. The van der Waals surface area contributed by atoms with Crippen LogP contribution in [-0.2, 0) is 0 Å². The van der Waals surface area contributed by atoms with E-state index in [0.29, 0.717) is 17.1 Å². The molecule has 0 saturated carbocycles. The van der Waals surface area contributed by atoms with Crippen LogP contribution < -0.4 is 15.2 Å². The van der Waals surface area contributed by atoms with Crippen molar-refractivity contribution in [3.8, 4) is 11.5 Å². The van der Waals surface area contributed by atoms with Gasteiger partial charge in [0.1, 0.15) is 11.5 Å². The molecule has 0 fully saturated rings. The van der Waals surface area contributed by atoms with E-state index in [1.54, 1.807) is 26.2 Å². The molecule has 0 aliphatic heterocycles. The maximum atomic E-state index is 11.8. The van der Waals surface area contributed by atoms with Gasteiger partial charge in [0.05, 0.1) is 25.8 Å². The van der Waals surface area contributed by atoms with Crippen molar-refractivity contribution in [3.05, 3.63) is 23.3 Å². The second kappa shape index (κ2) is 4.99. The van der Waals surface area contributed by atoms with Crippen molar-refractivity contribution in [2.24, 2.45) is 5.73 Å². The number of carbonyl (C=O) groups excluding carboxylic acids is 1. The van der Waals surface area contributed by atoms with Crippen LogP contribution in [0.25, 0.3) is 0 Å². The first-order valence-corrected chi connectivity index (χ1v) is 5.04. The first-order valence-electron chi connectivity index (χ1n) is 5.04. The largest absolute Gasteiger partial charge is 0.496 e. The van der Waals surface area contributed by atoms with Crippen LogP contribution in [0.4, 0.5) is 0 Å². The van der Waals surface area contributed by atoms with Crippen molar-refractivity contribution in [1.82, 2.24) is 0 Å². The quantitative estimate of drug-likeness (QED) is 0.786. The number of nitrogens with two attached hydrogens (primary N) is 1. The number of carbonyl (C=O) groups is 1. The van der Waals surface area contributed by atoms with Gasteiger partial charge in [0.15, 0.2) is 5.78 Å². The molecule has 1 atom stereocenters. The molecule has 0 heterocycles. The zero-order valence-corrected chi connectivity index (χ0v) is 10.0. The van der Waals surface area contributed by atoms with Gasteiger partial charge in [0.2, 0.25) is 0 Å². The lowest BCUT2D eigenvalue weighted by Gasteiger charge is -2.14. The normalized spacial score (nSPS) is 12.1. The average molecular weight is 223 g/mol. The van der Waals surface area contributed by atoms with Gasteiger partial charge in [-0.2, -0.15) is 0 Å². The lowest BCUT2D eigenvalue weighted by molar-refractivity contribution is 0.0964. The van der Waals surface area contributed by atoms with Crippen molar-refractivity contribution in [2.45, 2.75) is 19.9 Å². The zero-order valence-electron chi connectivity index (χ0n) is 10.0. The van der Waals surface area contributed by atoms with Crippen LogP contribution in [0.1, 0.15) is 22.8 Å². The Bertz CT molecular complexity index is 399. The molecule has 4 heteroatoms. The second-order valence-corrected chi connectivity index (χ2v) is 3.63. The fraction of sp³-hybridized carbons (Fsp3) is 0.417. The molecule has 16 heavy (non-hydrogen) atoms. The highest BCUT2D eigenvalue weighted by atomic mass is 16.5. The summed E-state index contributed by atoms with van der Waals surface area (Å²) in [6, 6.07) is 2.88. The number of methoxy groups -OCH3 is 2. The third-order valence-electron chi connectivity index (χ3n) is 2.46. The van der Waals surface area contributed by atoms with E-state index >= 15 is 0 Å². The number of hydrogen-bond donors (Lipinski definition) is 1. The first kappa shape index (κ1) is 12.5. The number of ether oxygens (including phenoxy) is 2. The lowest BCUT2D eigenvalue weighted by atomic mass is 10.0. The van der Waals surface area contributed by atoms with E-state index in [9.17, 15) is 4.79 Å². The molecule has 88 valence electrons. The Hall–Kier alpha value is -1.55. The van der Waals surface area contributed by atoms with E-state index in [1.165, 1.54) is 7.11 Å². The second-order valence-electron chi connectivity index (χ2n) is 3.63. The zero-order chi connectivity index (χ0) is 12.3. The van der Waals surface area contributed by atoms with E-state index in [0.717, 1.165) is 5.56 Å². The summed E-state index contributed by atoms with van der Waals surface area (Å²) in [5.74, 6) is 1.09. The minimum absolute atomic E-state index is 0.136. The van der Waals surface area contributed by atoms with Gasteiger partial charge < -0.3 is 15.2 Å². The highest BCUT2D eigenvalue weighted by Gasteiger charge is 2.19. The predicted octanol–water partition coefficient (Wildman–Crippen LogP) is 1.54. The maximum Gasteiger partial charge on any atom is 0.182 e. The fourth-order valence-corrected chi connectivity index (χ4v) is 1.60. The minimum atomic E-state index is -0.540. The summed E-state index contributed by atoms with van der Waals surface area (Å²) in [6.45, 7) is 3.50. The van der Waals surface area contributed by atoms with Crippen molar-refractivity contribution < 1.29 is 14.3 Å². The molecule has 1 unspecified atom stereocenters. The number of ketones is 1. The van der Waals surface area contributed by atoms with Crippen molar-refractivity contribution in [1.29, 1.82) is 0 Å². The Balaban J connectivity index is 3.31. The summed E-state index contributed by atoms with van der Waals surface area (Å²) in [7, 11) is 3.11. The maximum absolute atomic E-state index is 11.8. The summed E-state index contributed by atoms with van der Waals surface area (Å²) in [5.41, 5.74) is 6.87. The molecule has 1 aromatic carbocycles. The van der Waals surface area contributed by atoms with Gasteiger partial charge in [-0.3, -0.25) is 4.79 Å². The number of rotatable bonds is 4. The number of hydrogen-bond acceptors (Lipinski definition) is 4. The highest BCUT2D eigenvalue weighted by Crippen LogP contribution is 2.31. The Morgan fingerprint density at radius 2 is 1.94 bits per heavy atom. The molecule has 0 saturated heterocycles. The Labute approximate surface area is 95.3 Å². The molecule has 0 bridgehead atoms. The Kier molecular flexibility index (Phi) is 3.90. The van der Waals surface area contributed by atoms with E-state index in [1.807, 2.05) is 6.92 Å². The Morgan fingerprint density at radius 3 is 2.38 bits per heavy atom. The van der Waals surface area contributed by atoms with Crippen molar-refractivity contribution in [2.75, 3.05) is 14.2 Å². The van der Waals surface area contributed by atoms with Gasteiger partial charge in [-0.05, 0) is 26.0 Å². The van der Waals surface area contributed by atoms with Gasteiger partial charge in [-0.25, -0.2) is 0 Å². The smallest absolute Gasteiger partial charge is 0.182 e. The molecule has 2 N–H and O–H groups in total. The fourth-order valence-electron chi connectivity index (χ4n) is 1.60. The monoisotopic (exact) mass is 223 g/mol. The van der Waals surface area contributed by atoms with E-state index in [4.69, 9.17) is 15.2 Å². The van der Waals surface area contributed by atoms with Crippen molar-refractivity contribution in [3.63, 3.8) is 0 Å². The molecule has 4 nitrogen and oxygen atoms in total. The van der Waals surface area contributed by atoms with Crippen LogP contribution in [0.15, 0.2) is 12.1 Å². The van der Waals surface area contributed by atoms with Crippen LogP contribution >= 0.6 is 0 Å². The van der Waals surface area contributed by atoms with Crippen molar-refractivity contribution >= 4 is 5.78 Å². The SMILES string of the molecule is COc1ccc(C(=O)C(C)N)c(OC)c1C. The van der Waals surface area contributed by atoms with E-state index in [2.05, 4.69) is 0 Å². The summed E-state index contributed by atoms with van der Waals surface area (Å²) >= 11 is 0. The Morgan fingerprint density at radius 1 is 1.31 bits per heavy atom. The number of Topliss-reactive ketones (excluding diaryl/α,β-unsaturated/α-hetero) is 1. The molecule has 0 amide bonds. The average Bonchev–Trinajstić information content (AvgIpc) is 2.27. The standard InChI is InChI=1S/C12H17NO3/c1-7-10(15-3)6-5-9(12(7)16-4)11(14)8(2)13/h5-6,8H,13H2,1-4H3. The van der Waals surface area contributed by atoms with Gasteiger partial charge in [-0.1, -0.05) is 0 Å². The molecule has 0 spiro atoms. The summed E-state index contributed by atoms with van der Waals surface area (Å²) < 4.78 is 10.4. The van der Waals surface area contributed by atoms with Gasteiger partial charge in [0.25, 0.3) is 0 Å². The van der Waals surface area contributed by atoms with Gasteiger partial charge in [0, 0.05) is 5.56 Å². The minimum Gasteiger partial charge on any atom is -0.496 e. The topological polar surface area (TPSA) is 61.5 Å². The van der Waals surface area contributed by atoms with E-state index < -0.39 is 6.04 Å². The molecule has 0 aliphatic rings. The highest BCUT2D eigenvalue weighted by molar-refractivity contribution is 6.02. The molecule has 1 rings (SSSR count). The molecule has 0 aliphatic carbocycles. The van der Waals surface area contributed by atoms with Crippen LogP contribution in [0, 0.1) is 6.92 Å². The predicted molar refractivity (Wildman–Crippen MR) is 62.3 cm³/mol. The van der Waals surface area contributed by atoms with Gasteiger partial charge >= 0.3 is 0 Å². The third-order valence-corrected chi connectivity index (χ3v) is 2.46. The van der Waals surface area contributed by atoms with Gasteiger partial charge in [-0.15, -0.1) is 0 Å². The summed E-state index contributed by atoms with van der Waals surface area (Å²) in [5, 5.41) is 0. The molecule has 0 radical (unpaired) electrons. The first-order chi connectivity index (χ1) is 7.52. The van der Waals surface area contributed by atoms with E-state index in [-0.39, 0.29) is 5.78 Å². The van der Waals surface area contributed by atoms with Crippen LogP contribution in [0.5, 0.6) is 11.5 Å². The summed E-state index contributed by atoms with van der Waals surface area (Å²) in [4.78, 5) is 11.8. The summed E-state index contributed by atoms with van der Waals surface area (Å²) in [6.07, 6.45) is 0. The molecule has 0 aromatic heterocycles. The van der Waals surface area contributed by atoms with Crippen LogP contribution in [-0.4, -0.2) is 26.0 Å². The molecule has 1 aromatic rings. The molecular formula is C12H17NO3. The van der Waals surface area contributed by atoms with Crippen LogP contribution in [0.2, 0.25) is 0 Å². The molecular weight excluding hydrogens is 206 g/mol. The lowest BCUT2D eigenvalue weighted by Crippen LogP contribution is -2.27. The number of benzene rings is 1.